The summed E-state index contributed by atoms with van der Waals surface area (Å²) >= 11 is 0. The molecule has 1 unspecified atom stereocenters. The Balaban J connectivity index is 4.37. The second-order valence-electron chi connectivity index (χ2n) is 22.0. The lowest BCUT2D eigenvalue weighted by molar-refractivity contribution is -0.167. The van der Waals surface area contributed by atoms with Gasteiger partial charge in [-0.3, -0.25) is 14.4 Å². The number of unbranched alkanes of at least 4 members (excludes halogenated alkanes) is 33. The number of hydrogen-bond donors (Lipinski definition) is 0. The van der Waals surface area contributed by atoms with Gasteiger partial charge in [0.05, 0.1) is 0 Å². The smallest absolute Gasteiger partial charge is 0.306 e. The first-order valence-electron chi connectivity index (χ1n) is 33.2. The van der Waals surface area contributed by atoms with Crippen molar-refractivity contribution in [1.29, 1.82) is 0 Å². The van der Waals surface area contributed by atoms with Gasteiger partial charge in [-0.2, -0.15) is 0 Å². The van der Waals surface area contributed by atoms with E-state index in [2.05, 4.69) is 118 Å². The molecule has 0 saturated heterocycles. The zero-order valence-corrected chi connectivity index (χ0v) is 51.4. The van der Waals surface area contributed by atoms with Gasteiger partial charge in [-0.25, -0.2) is 0 Å². The van der Waals surface area contributed by atoms with Gasteiger partial charge in [0.25, 0.3) is 0 Å². The topological polar surface area (TPSA) is 78.9 Å². The van der Waals surface area contributed by atoms with Crippen molar-refractivity contribution in [1.82, 2.24) is 0 Å². The molecule has 0 fully saturated rings. The minimum Gasteiger partial charge on any atom is -0.462 e. The molecule has 0 aliphatic heterocycles. The van der Waals surface area contributed by atoms with Crippen LogP contribution in [0.3, 0.4) is 0 Å². The summed E-state index contributed by atoms with van der Waals surface area (Å²) in [5.41, 5.74) is 0. The monoisotopic (exact) mass is 1080 g/mol. The molecule has 0 rings (SSSR count). The fourth-order valence-electron chi connectivity index (χ4n) is 9.35. The average molecular weight is 1090 g/mol. The summed E-state index contributed by atoms with van der Waals surface area (Å²) in [5.74, 6) is -0.901. The quantitative estimate of drug-likeness (QED) is 0.0261. The van der Waals surface area contributed by atoms with Crippen LogP contribution in [-0.4, -0.2) is 37.2 Å². The summed E-state index contributed by atoms with van der Waals surface area (Å²) in [7, 11) is 0. The van der Waals surface area contributed by atoms with E-state index >= 15 is 0 Å². The van der Waals surface area contributed by atoms with E-state index < -0.39 is 6.10 Å². The number of carbonyl (C=O) groups excluding carboxylic acids is 3. The molecular weight excluding hydrogens is 961 g/mol. The molecule has 448 valence electrons. The first kappa shape index (κ1) is 74.3. The summed E-state index contributed by atoms with van der Waals surface area (Å²) in [6, 6.07) is 0. The maximum absolute atomic E-state index is 12.9. The van der Waals surface area contributed by atoms with Gasteiger partial charge in [-0.1, -0.05) is 304 Å². The van der Waals surface area contributed by atoms with E-state index in [9.17, 15) is 14.4 Å². The van der Waals surface area contributed by atoms with Gasteiger partial charge in [0.15, 0.2) is 6.10 Å². The van der Waals surface area contributed by atoms with E-state index in [4.69, 9.17) is 14.2 Å². The molecule has 0 bridgehead atoms. The second-order valence-corrected chi connectivity index (χ2v) is 22.0. The molecule has 78 heavy (non-hydrogen) atoms. The van der Waals surface area contributed by atoms with E-state index in [1.807, 2.05) is 0 Å². The van der Waals surface area contributed by atoms with Crippen LogP contribution in [0.5, 0.6) is 0 Å². The van der Waals surface area contributed by atoms with Crippen LogP contribution in [0.2, 0.25) is 0 Å². The number of carbonyl (C=O) groups is 3. The first-order chi connectivity index (χ1) is 38.5. The molecule has 0 heterocycles. The van der Waals surface area contributed by atoms with Crippen molar-refractivity contribution in [3.8, 4) is 0 Å². The van der Waals surface area contributed by atoms with Crippen LogP contribution in [0.4, 0.5) is 0 Å². The van der Waals surface area contributed by atoms with Gasteiger partial charge in [-0.15, -0.1) is 0 Å². The van der Waals surface area contributed by atoms with Crippen molar-refractivity contribution in [2.45, 2.75) is 329 Å². The Bertz CT molecular complexity index is 1530. The molecule has 6 nitrogen and oxygen atoms in total. The minimum absolute atomic E-state index is 0.0874. The van der Waals surface area contributed by atoms with Gasteiger partial charge in [-0.05, 0) is 96.3 Å². The molecule has 0 N–H and O–H groups in total. The van der Waals surface area contributed by atoms with Crippen LogP contribution in [0.15, 0.2) is 97.2 Å². The zero-order chi connectivity index (χ0) is 56.4. The third-order valence-electron chi connectivity index (χ3n) is 14.3. The first-order valence-corrected chi connectivity index (χ1v) is 33.2. The number of allylic oxidation sites excluding steroid dienone is 16. The lowest BCUT2D eigenvalue weighted by Gasteiger charge is -2.18. The Morgan fingerprint density at radius 3 is 0.821 bits per heavy atom. The molecule has 0 amide bonds. The van der Waals surface area contributed by atoms with E-state index in [1.54, 1.807) is 0 Å². The second kappa shape index (κ2) is 65.8. The Morgan fingerprint density at radius 1 is 0.269 bits per heavy atom. The van der Waals surface area contributed by atoms with Crippen molar-refractivity contribution >= 4 is 17.9 Å². The van der Waals surface area contributed by atoms with Crippen molar-refractivity contribution in [2.24, 2.45) is 0 Å². The predicted octanol–water partition coefficient (Wildman–Crippen LogP) is 22.8. The number of rotatable bonds is 60. The summed E-state index contributed by atoms with van der Waals surface area (Å²) in [4.78, 5) is 38.4. The number of esters is 3. The maximum Gasteiger partial charge on any atom is 0.306 e. The molecule has 1 atom stereocenters. The van der Waals surface area contributed by atoms with Crippen molar-refractivity contribution in [3.63, 3.8) is 0 Å². The molecule has 0 aliphatic rings. The van der Waals surface area contributed by atoms with Crippen LogP contribution < -0.4 is 0 Å². The van der Waals surface area contributed by atoms with Crippen LogP contribution in [0.1, 0.15) is 323 Å². The van der Waals surface area contributed by atoms with E-state index in [0.29, 0.717) is 19.3 Å². The largest absolute Gasteiger partial charge is 0.462 e. The Kier molecular flexibility index (Phi) is 62.7. The van der Waals surface area contributed by atoms with Crippen LogP contribution in [0.25, 0.3) is 0 Å². The highest BCUT2D eigenvalue weighted by atomic mass is 16.6. The van der Waals surface area contributed by atoms with Crippen molar-refractivity contribution in [3.05, 3.63) is 97.2 Å². The van der Waals surface area contributed by atoms with Gasteiger partial charge >= 0.3 is 17.9 Å². The third-order valence-corrected chi connectivity index (χ3v) is 14.3. The molecule has 0 aromatic carbocycles. The Hall–Kier alpha value is -3.67. The summed E-state index contributed by atoms with van der Waals surface area (Å²) in [5, 5.41) is 0. The van der Waals surface area contributed by atoms with E-state index in [-0.39, 0.29) is 31.1 Å². The van der Waals surface area contributed by atoms with Crippen LogP contribution >= 0.6 is 0 Å². The molecular formula is C72H124O6. The fraction of sp³-hybridized carbons (Fsp3) is 0.736. The molecule has 0 radical (unpaired) electrons. The summed E-state index contributed by atoms with van der Waals surface area (Å²) in [6.07, 6.45) is 88.4. The highest BCUT2D eigenvalue weighted by molar-refractivity contribution is 5.71. The zero-order valence-electron chi connectivity index (χ0n) is 51.4. The van der Waals surface area contributed by atoms with Crippen LogP contribution in [0, 0.1) is 0 Å². The molecule has 6 heteroatoms. The normalized spacial score (nSPS) is 12.7. The fourth-order valence-corrected chi connectivity index (χ4v) is 9.35. The van der Waals surface area contributed by atoms with Crippen molar-refractivity contribution in [2.75, 3.05) is 13.2 Å². The number of ether oxygens (including phenoxy) is 3. The summed E-state index contributed by atoms with van der Waals surface area (Å²) in [6.45, 7) is 6.50. The molecule has 0 aromatic heterocycles. The Labute approximate surface area is 483 Å². The third kappa shape index (κ3) is 63.2. The molecule has 0 aliphatic carbocycles. The Morgan fingerprint density at radius 2 is 0.513 bits per heavy atom. The van der Waals surface area contributed by atoms with Gasteiger partial charge in [0.1, 0.15) is 13.2 Å². The van der Waals surface area contributed by atoms with Crippen molar-refractivity contribution < 1.29 is 28.6 Å². The van der Waals surface area contributed by atoms with Gasteiger partial charge in [0, 0.05) is 19.3 Å². The van der Waals surface area contributed by atoms with Gasteiger partial charge in [0.2, 0.25) is 0 Å². The van der Waals surface area contributed by atoms with Crippen LogP contribution in [-0.2, 0) is 28.6 Å². The lowest BCUT2D eigenvalue weighted by Crippen LogP contribution is -2.30. The highest BCUT2D eigenvalue weighted by Crippen LogP contribution is 2.17. The van der Waals surface area contributed by atoms with E-state index in [1.165, 1.54) is 148 Å². The van der Waals surface area contributed by atoms with Gasteiger partial charge < -0.3 is 14.2 Å². The number of hydrogen-bond acceptors (Lipinski definition) is 6. The average Bonchev–Trinajstić information content (AvgIpc) is 3.44. The molecule has 0 saturated carbocycles. The SMILES string of the molecule is CC/C=C\C/C=C\C/C=C\C/C=C\C/C=C\C/C=C\CCCCCCCCC(=O)OCC(COC(=O)CCCCCCC/C=C\C/C=C\CCCC)OC(=O)CCCCCCCCCCCCCCCCCCCCCCC. The minimum atomic E-state index is -0.790. The molecule has 0 aromatic rings. The standard InChI is InChI=1S/C72H124O6/c1-4-7-10-13-16-19-22-25-28-30-32-34-35-36-37-39-40-42-44-47-50-53-56-59-62-65-71(74)77-68-69(67-76-70(73)64-61-58-55-52-49-46-27-24-21-18-15-12-9-6-3)78-72(75)66-63-60-57-54-51-48-45-43-41-38-33-31-29-26-23-20-17-14-11-8-5-2/h7,10,15-16,18-19,24-25,27-28,32,34,36-37,40,42,69H,4-6,8-9,11-14,17,20-23,26,29-31,33,35,38-39,41,43-68H2,1-3H3/b10-7-,18-15-,19-16-,27-24-,28-25-,34-32-,37-36-,42-40-. The highest BCUT2D eigenvalue weighted by Gasteiger charge is 2.19. The maximum atomic E-state index is 12.9. The molecule has 0 spiro atoms. The van der Waals surface area contributed by atoms with E-state index in [0.717, 1.165) is 135 Å². The predicted molar refractivity (Wildman–Crippen MR) is 339 cm³/mol. The summed E-state index contributed by atoms with van der Waals surface area (Å²) < 4.78 is 16.9. The lowest BCUT2D eigenvalue weighted by atomic mass is 10.0.